The van der Waals surface area contributed by atoms with Crippen LogP contribution in [-0.2, 0) is 0 Å². The van der Waals surface area contributed by atoms with E-state index in [0.29, 0.717) is 5.92 Å². The second kappa shape index (κ2) is 2.82. The molecule has 1 rings (SSSR count). The van der Waals surface area contributed by atoms with Crippen molar-refractivity contribution in [1.82, 2.24) is 0 Å². The van der Waals surface area contributed by atoms with E-state index in [1.807, 2.05) is 13.0 Å². The second-order valence-electron chi connectivity index (χ2n) is 3.58. The Kier molecular flexibility index (Phi) is 2.19. The molecule has 0 aliphatic heterocycles. The summed E-state index contributed by atoms with van der Waals surface area (Å²) < 4.78 is 0. The average molecular weight is 152 g/mol. The summed E-state index contributed by atoms with van der Waals surface area (Å²) in [6.45, 7) is 7.81. The predicted octanol–water partition coefficient (Wildman–Crippen LogP) is 2.28. The maximum atomic E-state index is 9.88. The first-order chi connectivity index (χ1) is 5.04. The monoisotopic (exact) mass is 152 g/mol. The summed E-state index contributed by atoms with van der Waals surface area (Å²) >= 11 is 0. The van der Waals surface area contributed by atoms with Gasteiger partial charge in [-0.25, -0.2) is 0 Å². The first-order valence-electron chi connectivity index (χ1n) is 4.12. The Morgan fingerprint density at radius 2 is 2.36 bits per heavy atom. The standard InChI is InChI=1S/C10H16O/c1-8(2)10(11)6-4-9(3)5-7-10/h4,6,9,11H,1,5,7H2,2-3H3/t9-,10+/m1/s1. The molecule has 0 spiro atoms. The highest BCUT2D eigenvalue weighted by molar-refractivity contribution is 5.22. The van der Waals surface area contributed by atoms with Crippen LogP contribution in [0.15, 0.2) is 24.3 Å². The van der Waals surface area contributed by atoms with Gasteiger partial charge in [0.15, 0.2) is 0 Å². The maximum absolute atomic E-state index is 9.88. The zero-order valence-corrected chi connectivity index (χ0v) is 7.30. The molecule has 62 valence electrons. The highest BCUT2D eigenvalue weighted by Crippen LogP contribution is 2.30. The smallest absolute Gasteiger partial charge is 0.103 e. The summed E-state index contributed by atoms with van der Waals surface area (Å²) in [5.74, 6) is 0.606. The minimum atomic E-state index is -0.716. The summed E-state index contributed by atoms with van der Waals surface area (Å²) in [4.78, 5) is 0. The van der Waals surface area contributed by atoms with Crippen LogP contribution in [0.25, 0.3) is 0 Å². The molecule has 1 N–H and O–H groups in total. The Morgan fingerprint density at radius 1 is 1.73 bits per heavy atom. The van der Waals surface area contributed by atoms with Crippen molar-refractivity contribution in [3.05, 3.63) is 24.3 Å². The Hall–Kier alpha value is -0.560. The molecule has 0 aromatic rings. The van der Waals surface area contributed by atoms with Crippen LogP contribution in [0.1, 0.15) is 26.7 Å². The van der Waals surface area contributed by atoms with E-state index in [1.165, 1.54) is 0 Å². The van der Waals surface area contributed by atoms with Crippen molar-refractivity contribution >= 4 is 0 Å². The Labute approximate surface area is 68.4 Å². The molecular weight excluding hydrogens is 136 g/mol. The molecule has 0 amide bonds. The topological polar surface area (TPSA) is 20.2 Å². The van der Waals surface area contributed by atoms with Crippen LogP contribution in [-0.4, -0.2) is 10.7 Å². The van der Waals surface area contributed by atoms with Gasteiger partial charge < -0.3 is 5.11 Å². The number of rotatable bonds is 1. The van der Waals surface area contributed by atoms with Crippen LogP contribution in [0.4, 0.5) is 0 Å². The lowest BCUT2D eigenvalue weighted by molar-refractivity contribution is 0.107. The van der Waals surface area contributed by atoms with Crippen molar-refractivity contribution in [1.29, 1.82) is 0 Å². The van der Waals surface area contributed by atoms with Gasteiger partial charge in [0.25, 0.3) is 0 Å². The van der Waals surface area contributed by atoms with Gasteiger partial charge in [-0.3, -0.25) is 0 Å². The lowest BCUT2D eigenvalue weighted by Crippen LogP contribution is -2.30. The number of hydrogen-bond acceptors (Lipinski definition) is 1. The van der Waals surface area contributed by atoms with Crippen LogP contribution >= 0.6 is 0 Å². The fourth-order valence-electron chi connectivity index (χ4n) is 1.31. The quantitative estimate of drug-likeness (QED) is 0.571. The SMILES string of the molecule is C=C(C)[C@]1(O)C=C[C@@H](C)CC1. The first-order valence-corrected chi connectivity index (χ1v) is 4.12. The molecule has 1 aliphatic rings. The normalized spacial score (nSPS) is 37.2. The van der Waals surface area contributed by atoms with E-state index in [4.69, 9.17) is 0 Å². The second-order valence-corrected chi connectivity index (χ2v) is 3.58. The molecule has 0 saturated heterocycles. The summed E-state index contributed by atoms with van der Waals surface area (Å²) in [6.07, 6.45) is 5.82. The van der Waals surface area contributed by atoms with E-state index >= 15 is 0 Å². The van der Waals surface area contributed by atoms with Gasteiger partial charge in [-0.15, -0.1) is 0 Å². The third-order valence-electron chi connectivity index (χ3n) is 2.42. The lowest BCUT2D eigenvalue weighted by Gasteiger charge is -2.30. The molecule has 1 nitrogen and oxygen atoms in total. The van der Waals surface area contributed by atoms with E-state index in [9.17, 15) is 5.11 Å². The Balaban J connectivity index is 2.76. The molecule has 0 saturated carbocycles. The van der Waals surface area contributed by atoms with Crippen LogP contribution in [0.5, 0.6) is 0 Å². The minimum absolute atomic E-state index is 0.606. The molecule has 11 heavy (non-hydrogen) atoms. The van der Waals surface area contributed by atoms with E-state index in [0.717, 1.165) is 18.4 Å². The molecule has 1 aliphatic carbocycles. The summed E-state index contributed by atoms with van der Waals surface area (Å²) in [6, 6.07) is 0. The molecular formula is C10H16O. The van der Waals surface area contributed by atoms with Crippen molar-refractivity contribution in [3.63, 3.8) is 0 Å². The van der Waals surface area contributed by atoms with Gasteiger partial charge in [0.1, 0.15) is 5.60 Å². The zero-order chi connectivity index (χ0) is 8.48. The summed E-state index contributed by atoms with van der Waals surface area (Å²) in [5, 5.41) is 9.88. The number of aliphatic hydroxyl groups is 1. The molecule has 2 atom stereocenters. The molecule has 0 unspecified atom stereocenters. The number of allylic oxidation sites excluding steroid dienone is 1. The Bertz CT molecular complexity index is 193. The van der Waals surface area contributed by atoms with Gasteiger partial charge in [-0.05, 0) is 31.3 Å². The van der Waals surface area contributed by atoms with Crippen LogP contribution in [0, 0.1) is 5.92 Å². The van der Waals surface area contributed by atoms with Crippen molar-refractivity contribution < 1.29 is 5.11 Å². The molecule has 0 fully saturated rings. The fourth-order valence-corrected chi connectivity index (χ4v) is 1.31. The van der Waals surface area contributed by atoms with E-state index in [-0.39, 0.29) is 0 Å². The average Bonchev–Trinajstić information content (AvgIpc) is 1.95. The molecule has 0 aromatic carbocycles. The predicted molar refractivity (Wildman–Crippen MR) is 47.3 cm³/mol. The van der Waals surface area contributed by atoms with Crippen LogP contribution < -0.4 is 0 Å². The van der Waals surface area contributed by atoms with E-state index in [1.54, 1.807) is 0 Å². The highest BCUT2D eigenvalue weighted by atomic mass is 16.3. The third kappa shape index (κ3) is 1.72. The highest BCUT2D eigenvalue weighted by Gasteiger charge is 2.27. The van der Waals surface area contributed by atoms with Gasteiger partial charge in [0.2, 0.25) is 0 Å². The van der Waals surface area contributed by atoms with Gasteiger partial charge in [-0.2, -0.15) is 0 Å². The zero-order valence-electron chi connectivity index (χ0n) is 7.30. The van der Waals surface area contributed by atoms with Crippen LogP contribution in [0.3, 0.4) is 0 Å². The van der Waals surface area contributed by atoms with Crippen molar-refractivity contribution in [2.45, 2.75) is 32.3 Å². The van der Waals surface area contributed by atoms with Crippen LogP contribution in [0.2, 0.25) is 0 Å². The fraction of sp³-hybridized carbons (Fsp3) is 0.600. The largest absolute Gasteiger partial charge is 0.381 e. The van der Waals surface area contributed by atoms with Gasteiger partial charge in [0, 0.05) is 0 Å². The maximum Gasteiger partial charge on any atom is 0.103 e. The summed E-state index contributed by atoms with van der Waals surface area (Å²) in [7, 11) is 0. The third-order valence-corrected chi connectivity index (χ3v) is 2.42. The Morgan fingerprint density at radius 3 is 2.73 bits per heavy atom. The minimum Gasteiger partial charge on any atom is -0.381 e. The van der Waals surface area contributed by atoms with Crippen molar-refractivity contribution in [3.8, 4) is 0 Å². The van der Waals surface area contributed by atoms with Gasteiger partial charge >= 0.3 is 0 Å². The summed E-state index contributed by atoms with van der Waals surface area (Å²) in [5.41, 5.74) is 0.132. The number of hydrogen-bond donors (Lipinski definition) is 1. The van der Waals surface area contributed by atoms with E-state index in [2.05, 4.69) is 19.6 Å². The molecule has 0 radical (unpaired) electrons. The van der Waals surface area contributed by atoms with Gasteiger partial charge in [-0.1, -0.05) is 25.7 Å². The van der Waals surface area contributed by atoms with E-state index < -0.39 is 5.60 Å². The van der Waals surface area contributed by atoms with Gasteiger partial charge in [0.05, 0.1) is 0 Å². The molecule has 0 heterocycles. The molecule has 0 aromatic heterocycles. The van der Waals surface area contributed by atoms with Crippen molar-refractivity contribution in [2.24, 2.45) is 5.92 Å². The first kappa shape index (κ1) is 8.54. The molecule has 0 bridgehead atoms. The lowest BCUT2D eigenvalue weighted by atomic mass is 9.82. The molecule has 1 heteroatoms. The van der Waals surface area contributed by atoms with Crippen molar-refractivity contribution in [2.75, 3.05) is 0 Å².